The highest BCUT2D eigenvalue weighted by Gasteiger charge is 2.15. The molecule has 1 aromatic heterocycles. The molecule has 1 atom stereocenters. The average Bonchev–Trinajstić information content (AvgIpc) is 3.13. The second kappa shape index (κ2) is 7.97. The van der Waals surface area contributed by atoms with E-state index < -0.39 is 0 Å². The maximum absolute atomic E-state index is 12.2. The molecule has 128 valence electrons. The zero-order chi connectivity index (χ0) is 16.8. The molecule has 0 saturated carbocycles. The number of ether oxygens (including phenoxy) is 2. The van der Waals surface area contributed by atoms with E-state index in [0.29, 0.717) is 18.2 Å². The maximum Gasteiger partial charge on any atom is 0.269 e. The molecule has 0 radical (unpaired) electrons. The standard InChI is InChI=1S/C18H23N3O3/c1-23-15-6-4-14(5-7-15)16-11-17(21-20-16)18(22)19-9-8-13-3-2-10-24-12-13/h4-7,11,13H,2-3,8-10,12H2,1H3,(H,19,22)(H,20,21)/t13-/m1/s1. The number of aromatic amines is 1. The highest BCUT2D eigenvalue weighted by Crippen LogP contribution is 2.21. The Hall–Kier alpha value is -2.34. The highest BCUT2D eigenvalue weighted by molar-refractivity contribution is 5.93. The summed E-state index contributed by atoms with van der Waals surface area (Å²) in [6.07, 6.45) is 3.25. The molecule has 0 aliphatic carbocycles. The Bertz CT molecular complexity index is 660. The van der Waals surface area contributed by atoms with Crippen molar-refractivity contribution in [1.29, 1.82) is 0 Å². The lowest BCUT2D eigenvalue weighted by molar-refractivity contribution is 0.0514. The molecular weight excluding hydrogens is 306 g/mol. The van der Waals surface area contributed by atoms with Gasteiger partial charge in [-0.15, -0.1) is 0 Å². The van der Waals surface area contributed by atoms with Crippen molar-refractivity contribution < 1.29 is 14.3 Å². The van der Waals surface area contributed by atoms with E-state index in [4.69, 9.17) is 9.47 Å². The molecule has 0 spiro atoms. The second-order valence-corrected chi connectivity index (χ2v) is 6.02. The predicted octanol–water partition coefficient (Wildman–Crippen LogP) is 2.63. The Morgan fingerprint density at radius 3 is 2.96 bits per heavy atom. The molecular formula is C18H23N3O3. The number of rotatable bonds is 6. The summed E-state index contributed by atoms with van der Waals surface area (Å²) in [6.45, 7) is 2.33. The first-order valence-electron chi connectivity index (χ1n) is 8.32. The molecule has 6 nitrogen and oxygen atoms in total. The Morgan fingerprint density at radius 1 is 1.42 bits per heavy atom. The molecule has 1 aliphatic rings. The van der Waals surface area contributed by atoms with Crippen molar-refractivity contribution in [2.75, 3.05) is 26.9 Å². The molecule has 1 amide bonds. The summed E-state index contributed by atoms with van der Waals surface area (Å²) in [5.41, 5.74) is 2.15. The van der Waals surface area contributed by atoms with E-state index in [-0.39, 0.29) is 5.91 Å². The predicted molar refractivity (Wildman–Crippen MR) is 91.1 cm³/mol. The Balaban J connectivity index is 1.53. The molecule has 1 saturated heterocycles. The van der Waals surface area contributed by atoms with Crippen LogP contribution in [0.25, 0.3) is 11.3 Å². The Labute approximate surface area is 141 Å². The van der Waals surface area contributed by atoms with E-state index in [9.17, 15) is 4.79 Å². The molecule has 0 unspecified atom stereocenters. The Morgan fingerprint density at radius 2 is 2.25 bits per heavy atom. The SMILES string of the molecule is COc1ccc(-c2cc(C(=O)NCC[C@H]3CCCOC3)[nH]n2)cc1. The zero-order valence-electron chi connectivity index (χ0n) is 13.9. The molecule has 3 rings (SSSR count). The van der Waals surface area contributed by atoms with Gasteiger partial charge in [0.15, 0.2) is 0 Å². The molecule has 0 bridgehead atoms. The van der Waals surface area contributed by atoms with Crippen molar-refractivity contribution in [3.05, 3.63) is 36.0 Å². The third kappa shape index (κ3) is 4.14. The largest absolute Gasteiger partial charge is 0.497 e. The Kier molecular flexibility index (Phi) is 5.48. The molecule has 24 heavy (non-hydrogen) atoms. The molecule has 1 fully saturated rings. The van der Waals surface area contributed by atoms with Gasteiger partial charge in [0.05, 0.1) is 12.8 Å². The first-order valence-corrected chi connectivity index (χ1v) is 8.32. The summed E-state index contributed by atoms with van der Waals surface area (Å²) in [7, 11) is 1.63. The van der Waals surface area contributed by atoms with Gasteiger partial charge >= 0.3 is 0 Å². The summed E-state index contributed by atoms with van der Waals surface area (Å²) in [5.74, 6) is 1.22. The van der Waals surface area contributed by atoms with Crippen LogP contribution in [0.4, 0.5) is 0 Å². The van der Waals surface area contributed by atoms with E-state index in [1.807, 2.05) is 24.3 Å². The summed E-state index contributed by atoms with van der Waals surface area (Å²) >= 11 is 0. The third-order valence-electron chi connectivity index (χ3n) is 4.30. The zero-order valence-corrected chi connectivity index (χ0v) is 13.9. The van der Waals surface area contributed by atoms with Crippen LogP contribution in [0.5, 0.6) is 5.75 Å². The summed E-state index contributed by atoms with van der Waals surface area (Å²) in [5, 5.41) is 9.96. The number of hydrogen-bond acceptors (Lipinski definition) is 4. The van der Waals surface area contributed by atoms with E-state index in [1.165, 1.54) is 6.42 Å². The normalized spacial score (nSPS) is 17.5. The van der Waals surface area contributed by atoms with Gasteiger partial charge in [-0.25, -0.2) is 0 Å². The van der Waals surface area contributed by atoms with Gasteiger partial charge in [0.25, 0.3) is 5.91 Å². The summed E-state index contributed by atoms with van der Waals surface area (Å²) in [4.78, 5) is 12.2. The van der Waals surface area contributed by atoms with Crippen LogP contribution >= 0.6 is 0 Å². The number of carbonyl (C=O) groups is 1. The fourth-order valence-corrected chi connectivity index (χ4v) is 2.87. The molecule has 1 aromatic carbocycles. The number of methoxy groups -OCH3 is 1. The second-order valence-electron chi connectivity index (χ2n) is 6.02. The lowest BCUT2D eigenvalue weighted by Gasteiger charge is -2.21. The monoisotopic (exact) mass is 329 g/mol. The minimum Gasteiger partial charge on any atom is -0.497 e. The van der Waals surface area contributed by atoms with Crippen LogP contribution in [0, 0.1) is 5.92 Å². The number of nitrogens with one attached hydrogen (secondary N) is 2. The van der Waals surface area contributed by atoms with Crippen LogP contribution in [0.1, 0.15) is 29.8 Å². The highest BCUT2D eigenvalue weighted by atomic mass is 16.5. The number of benzene rings is 1. The molecule has 1 aliphatic heterocycles. The first-order chi connectivity index (χ1) is 11.8. The third-order valence-corrected chi connectivity index (χ3v) is 4.30. The maximum atomic E-state index is 12.2. The van der Waals surface area contributed by atoms with Crippen LogP contribution in [-0.2, 0) is 4.74 Å². The number of carbonyl (C=O) groups excluding carboxylic acids is 1. The van der Waals surface area contributed by atoms with Crippen molar-refractivity contribution >= 4 is 5.91 Å². The van der Waals surface area contributed by atoms with Crippen molar-refractivity contribution in [3.8, 4) is 17.0 Å². The first kappa shape index (κ1) is 16.5. The molecule has 2 aromatic rings. The number of aromatic nitrogens is 2. The lowest BCUT2D eigenvalue weighted by Crippen LogP contribution is -2.28. The van der Waals surface area contributed by atoms with E-state index in [1.54, 1.807) is 13.2 Å². The number of hydrogen-bond donors (Lipinski definition) is 2. The van der Waals surface area contributed by atoms with E-state index >= 15 is 0 Å². The minimum absolute atomic E-state index is 0.126. The van der Waals surface area contributed by atoms with Gasteiger partial charge in [-0.05, 0) is 55.5 Å². The van der Waals surface area contributed by atoms with Gasteiger partial charge in [0, 0.05) is 25.3 Å². The van der Waals surface area contributed by atoms with Gasteiger partial charge in [0.2, 0.25) is 0 Å². The van der Waals surface area contributed by atoms with Crippen molar-refractivity contribution in [1.82, 2.24) is 15.5 Å². The quantitative estimate of drug-likeness (QED) is 0.854. The number of amides is 1. The van der Waals surface area contributed by atoms with Crippen LogP contribution in [0.15, 0.2) is 30.3 Å². The minimum atomic E-state index is -0.126. The lowest BCUT2D eigenvalue weighted by atomic mass is 9.99. The summed E-state index contributed by atoms with van der Waals surface area (Å²) in [6, 6.07) is 9.34. The van der Waals surface area contributed by atoms with Gasteiger partial charge in [0.1, 0.15) is 11.4 Å². The summed E-state index contributed by atoms with van der Waals surface area (Å²) < 4.78 is 10.6. The number of nitrogens with zero attached hydrogens (tertiary/aromatic N) is 1. The molecule has 2 heterocycles. The number of H-pyrrole nitrogens is 1. The van der Waals surface area contributed by atoms with Crippen molar-refractivity contribution in [3.63, 3.8) is 0 Å². The van der Waals surface area contributed by atoms with Crippen molar-refractivity contribution in [2.45, 2.75) is 19.3 Å². The topological polar surface area (TPSA) is 76.2 Å². The van der Waals surface area contributed by atoms with E-state index in [0.717, 1.165) is 43.1 Å². The average molecular weight is 329 g/mol. The fourth-order valence-electron chi connectivity index (χ4n) is 2.87. The van der Waals surface area contributed by atoms with Gasteiger partial charge in [-0.2, -0.15) is 5.10 Å². The molecule has 2 N–H and O–H groups in total. The van der Waals surface area contributed by atoms with Crippen LogP contribution in [0.2, 0.25) is 0 Å². The van der Waals surface area contributed by atoms with Crippen LogP contribution in [0.3, 0.4) is 0 Å². The van der Waals surface area contributed by atoms with Crippen LogP contribution in [-0.4, -0.2) is 43.0 Å². The van der Waals surface area contributed by atoms with Crippen molar-refractivity contribution in [2.24, 2.45) is 5.92 Å². The molecule has 6 heteroatoms. The van der Waals surface area contributed by atoms with Gasteiger partial charge < -0.3 is 14.8 Å². The van der Waals surface area contributed by atoms with E-state index in [2.05, 4.69) is 15.5 Å². The van der Waals surface area contributed by atoms with Gasteiger partial charge in [-0.1, -0.05) is 0 Å². The fraction of sp³-hybridized carbons (Fsp3) is 0.444. The van der Waals surface area contributed by atoms with Gasteiger partial charge in [-0.3, -0.25) is 9.89 Å². The van der Waals surface area contributed by atoms with Crippen LogP contribution < -0.4 is 10.1 Å². The smallest absolute Gasteiger partial charge is 0.269 e.